The van der Waals surface area contributed by atoms with Crippen molar-refractivity contribution in [3.8, 4) is 0 Å². The highest BCUT2D eigenvalue weighted by Crippen LogP contribution is 2.51. The number of anilines is 2. The molecule has 0 N–H and O–H groups in total. The smallest absolute Gasteiger partial charge is 0.0526 e. The standard InChI is InChI=1S/C23H17N.C2H6/c1-3-7-20-15(5-1)9-11-17-13-19-14-18-12-10-16-6-2-4-8-21(16)23(18)24(19)22(17)20;1-2/h1-12,19H,13-14H2;1-2H3. The second-order valence-corrected chi connectivity index (χ2v) is 7.02. The summed E-state index contributed by atoms with van der Waals surface area (Å²) in [5.41, 5.74) is 5.87. The Labute approximate surface area is 154 Å². The molecule has 0 saturated heterocycles. The zero-order valence-electron chi connectivity index (χ0n) is 15.4. The molecule has 0 bridgehead atoms. The average molecular weight is 337 g/mol. The van der Waals surface area contributed by atoms with Gasteiger partial charge in [0, 0.05) is 16.8 Å². The van der Waals surface area contributed by atoms with Gasteiger partial charge in [0.2, 0.25) is 0 Å². The van der Waals surface area contributed by atoms with Gasteiger partial charge < -0.3 is 4.90 Å². The van der Waals surface area contributed by atoms with E-state index in [2.05, 4.69) is 77.7 Å². The largest absolute Gasteiger partial charge is 0.336 e. The minimum Gasteiger partial charge on any atom is -0.336 e. The third kappa shape index (κ3) is 2.03. The lowest BCUT2D eigenvalue weighted by Gasteiger charge is -2.23. The van der Waals surface area contributed by atoms with E-state index in [0.717, 1.165) is 12.8 Å². The molecule has 0 atom stereocenters. The summed E-state index contributed by atoms with van der Waals surface area (Å²) in [5.74, 6) is 0. The zero-order chi connectivity index (χ0) is 17.7. The van der Waals surface area contributed by atoms with Crippen molar-refractivity contribution < 1.29 is 0 Å². The maximum absolute atomic E-state index is 2.63. The molecule has 0 unspecified atom stereocenters. The Morgan fingerprint density at radius 3 is 1.58 bits per heavy atom. The van der Waals surface area contributed by atoms with E-state index in [1.54, 1.807) is 0 Å². The normalized spacial score (nSPS) is 14.8. The average Bonchev–Trinajstić information content (AvgIpc) is 3.25. The first-order valence-corrected chi connectivity index (χ1v) is 9.71. The molecule has 26 heavy (non-hydrogen) atoms. The Morgan fingerprint density at radius 2 is 1.08 bits per heavy atom. The van der Waals surface area contributed by atoms with Gasteiger partial charge in [-0.2, -0.15) is 0 Å². The molecule has 2 aliphatic heterocycles. The van der Waals surface area contributed by atoms with Gasteiger partial charge in [-0.25, -0.2) is 0 Å². The molecule has 0 fully saturated rings. The molecule has 0 aromatic heterocycles. The van der Waals surface area contributed by atoms with Crippen LogP contribution in [0.3, 0.4) is 0 Å². The Morgan fingerprint density at radius 1 is 0.615 bits per heavy atom. The number of hydrogen-bond acceptors (Lipinski definition) is 1. The lowest BCUT2D eigenvalue weighted by atomic mass is 9.99. The second kappa shape index (κ2) is 5.88. The molecule has 2 aliphatic rings. The summed E-state index contributed by atoms with van der Waals surface area (Å²) >= 11 is 0. The summed E-state index contributed by atoms with van der Waals surface area (Å²) in [6, 6.07) is 27.4. The van der Waals surface area contributed by atoms with Gasteiger partial charge in [-0.05, 0) is 34.7 Å². The van der Waals surface area contributed by atoms with Gasteiger partial charge in [0.25, 0.3) is 0 Å². The van der Waals surface area contributed by atoms with Crippen LogP contribution in [0.2, 0.25) is 0 Å². The lowest BCUT2D eigenvalue weighted by molar-refractivity contribution is 0.726. The fraction of sp³-hybridized carbons (Fsp3) is 0.200. The van der Waals surface area contributed by atoms with E-state index in [1.807, 2.05) is 13.8 Å². The second-order valence-electron chi connectivity index (χ2n) is 7.02. The van der Waals surface area contributed by atoms with Crippen molar-refractivity contribution in [3.05, 3.63) is 83.9 Å². The van der Waals surface area contributed by atoms with Crippen LogP contribution in [-0.4, -0.2) is 6.04 Å². The van der Waals surface area contributed by atoms with E-state index in [9.17, 15) is 0 Å². The first-order chi connectivity index (χ1) is 12.9. The lowest BCUT2D eigenvalue weighted by Crippen LogP contribution is -2.22. The van der Waals surface area contributed by atoms with Crippen LogP contribution in [0.5, 0.6) is 0 Å². The van der Waals surface area contributed by atoms with Crippen molar-refractivity contribution in [1.82, 2.24) is 0 Å². The summed E-state index contributed by atoms with van der Waals surface area (Å²) in [7, 11) is 0. The van der Waals surface area contributed by atoms with Crippen molar-refractivity contribution in [2.75, 3.05) is 4.90 Å². The topological polar surface area (TPSA) is 3.24 Å². The minimum atomic E-state index is 0.576. The molecule has 0 saturated carbocycles. The molecule has 0 radical (unpaired) electrons. The van der Waals surface area contributed by atoms with Crippen LogP contribution in [0.15, 0.2) is 72.8 Å². The van der Waals surface area contributed by atoms with Crippen molar-refractivity contribution >= 4 is 32.9 Å². The molecule has 1 heteroatoms. The van der Waals surface area contributed by atoms with Gasteiger partial charge in [-0.3, -0.25) is 0 Å². The van der Waals surface area contributed by atoms with Crippen molar-refractivity contribution in [2.45, 2.75) is 32.7 Å². The van der Waals surface area contributed by atoms with Crippen LogP contribution in [-0.2, 0) is 12.8 Å². The summed E-state index contributed by atoms with van der Waals surface area (Å²) < 4.78 is 0. The molecular weight excluding hydrogens is 314 g/mol. The Bertz CT molecular complexity index is 1040. The van der Waals surface area contributed by atoms with Gasteiger partial charge in [0.15, 0.2) is 0 Å². The predicted molar refractivity (Wildman–Crippen MR) is 113 cm³/mol. The molecular formula is C25H23N. The summed E-state index contributed by atoms with van der Waals surface area (Å²) in [4.78, 5) is 2.63. The van der Waals surface area contributed by atoms with Crippen LogP contribution in [0.25, 0.3) is 21.5 Å². The van der Waals surface area contributed by atoms with E-state index in [-0.39, 0.29) is 0 Å². The Hall–Kier alpha value is -2.80. The maximum atomic E-state index is 2.63. The van der Waals surface area contributed by atoms with Crippen LogP contribution in [0, 0.1) is 0 Å². The molecule has 128 valence electrons. The molecule has 4 aromatic carbocycles. The third-order valence-corrected chi connectivity index (χ3v) is 5.73. The van der Waals surface area contributed by atoms with E-state index >= 15 is 0 Å². The number of fused-ring (bicyclic) bond motifs is 9. The van der Waals surface area contributed by atoms with Gasteiger partial charge >= 0.3 is 0 Å². The monoisotopic (exact) mass is 337 g/mol. The predicted octanol–water partition coefficient (Wildman–Crippen LogP) is 6.64. The minimum absolute atomic E-state index is 0.576. The highest BCUT2D eigenvalue weighted by molar-refractivity contribution is 6.06. The molecule has 2 heterocycles. The van der Waals surface area contributed by atoms with Gasteiger partial charge in [0.1, 0.15) is 0 Å². The summed E-state index contributed by atoms with van der Waals surface area (Å²) in [6.07, 6.45) is 2.31. The first-order valence-electron chi connectivity index (χ1n) is 9.71. The number of benzene rings is 4. The molecule has 1 nitrogen and oxygen atoms in total. The number of nitrogens with zero attached hydrogens (tertiary/aromatic N) is 1. The fourth-order valence-electron chi connectivity index (χ4n) is 4.74. The van der Waals surface area contributed by atoms with Crippen LogP contribution in [0.1, 0.15) is 25.0 Å². The van der Waals surface area contributed by atoms with Crippen LogP contribution in [0.4, 0.5) is 11.4 Å². The zero-order valence-corrected chi connectivity index (χ0v) is 15.4. The highest BCUT2D eigenvalue weighted by Gasteiger charge is 2.38. The molecule has 0 amide bonds. The first kappa shape index (κ1) is 15.5. The molecule has 4 aromatic rings. The highest BCUT2D eigenvalue weighted by atomic mass is 15.2. The third-order valence-electron chi connectivity index (χ3n) is 5.73. The van der Waals surface area contributed by atoms with Gasteiger partial charge in [-0.1, -0.05) is 86.6 Å². The Kier molecular flexibility index (Phi) is 3.49. The van der Waals surface area contributed by atoms with E-state index < -0.39 is 0 Å². The molecule has 6 rings (SSSR count). The summed E-state index contributed by atoms with van der Waals surface area (Å²) in [5, 5.41) is 5.45. The number of rotatable bonds is 0. The maximum Gasteiger partial charge on any atom is 0.0526 e. The van der Waals surface area contributed by atoms with E-state index in [4.69, 9.17) is 0 Å². The van der Waals surface area contributed by atoms with Crippen molar-refractivity contribution in [3.63, 3.8) is 0 Å². The quantitative estimate of drug-likeness (QED) is 0.348. The van der Waals surface area contributed by atoms with Crippen LogP contribution < -0.4 is 4.90 Å². The summed E-state index contributed by atoms with van der Waals surface area (Å²) in [6.45, 7) is 4.00. The van der Waals surface area contributed by atoms with Gasteiger partial charge in [-0.15, -0.1) is 0 Å². The molecule has 0 spiro atoms. The van der Waals surface area contributed by atoms with Crippen LogP contribution >= 0.6 is 0 Å². The van der Waals surface area contributed by atoms with Gasteiger partial charge in [0.05, 0.1) is 11.4 Å². The van der Waals surface area contributed by atoms with Crippen molar-refractivity contribution in [1.29, 1.82) is 0 Å². The van der Waals surface area contributed by atoms with E-state index in [1.165, 1.54) is 44.0 Å². The van der Waals surface area contributed by atoms with Crippen molar-refractivity contribution in [2.24, 2.45) is 0 Å². The molecule has 0 aliphatic carbocycles. The van der Waals surface area contributed by atoms with E-state index in [0.29, 0.717) is 6.04 Å². The Balaban J connectivity index is 0.000000727. The SMILES string of the molecule is CC.c1ccc2c3c(ccc2c1)CC1Cc2ccc4ccccc4c2N31. The number of hydrogen-bond donors (Lipinski definition) is 0. The fourth-order valence-corrected chi connectivity index (χ4v) is 4.74.